The summed E-state index contributed by atoms with van der Waals surface area (Å²) in [6.45, 7) is -0.480. The second kappa shape index (κ2) is 9.34. The number of anilines is 1. The lowest BCUT2D eigenvalue weighted by molar-refractivity contribution is -0.147. The molecule has 0 spiro atoms. The van der Waals surface area contributed by atoms with E-state index in [9.17, 15) is 18.0 Å². The van der Waals surface area contributed by atoms with Crippen LogP contribution in [0.4, 0.5) is 5.69 Å². The Morgan fingerprint density at radius 3 is 1.80 bits per heavy atom. The third kappa shape index (κ3) is 5.53. The van der Waals surface area contributed by atoms with Crippen molar-refractivity contribution in [1.82, 2.24) is 0 Å². The molecule has 0 atom stereocenters. The molecule has 0 aliphatic heterocycles. The SMILES string of the molecule is NS(=O)(=O)c1ccc(NC(=O)COC(=O)C(c2ccccc2)c2ccccc2)cc1. The molecule has 0 bridgehead atoms. The van der Waals surface area contributed by atoms with Crippen molar-refractivity contribution < 1.29 is 22.7 Å². The molecule has 0 aromatic heterocycles. The minimum absolute atomic E-state index is 0.0690. The fourth-order valence-corrected chi connectivity index (χ4v) is 3.42. The van der Waals surface area contributed by atoms with E-state index in [2.05, 4.69) is 5.32 Å². The quantitative estimate of drug-likeness (QED) is 0.566. The lowest BCUT2D eigenvalue weighted by atomic mass is 9.91. The lowest BCUT2D eigenvalue weighted by Gasteiger charge is -2.17. The highest BCUT2D eigenvalue weighted by atomic mass is 32.2. The summed E-state index contributed by atoms with van der Waals surface area (Å²) in [5, 5.41) is 7.58. The largest absolute Gasteiger partial charge is 0.455 e. The highest BCUT2D eigenvalue weighted by Gasteiger charge is 2.24. The smallest absolute Gasteiger partial charge is 0.318 e. The number of ether oxygens (including phenoxy) is 1. The van der Waals surface area contributed by atoms with Crippen molar-refractivity contribution in [3.63, 3.8) is 0 Å². The van der Waals surface area contributed by atoms with E-state index in [1.807, 2.05) is 60.7 Å². The number of nitrogens with one attached hydrogen (secondary N) is 1. The Balaban J connectivity index is 1.66. The second-order valence-corrected chi connectivity index (χ2v) is 8.04. The zero-order valence-corrected chi connectivity index (χ0v) is 16.7. The van der Waals surface area contributed by atoms with Crippen LogP contribution in [0.25, 0.3) is 0 Å². The van der Waals surface area contributed by atoms with Crippen LogP contribution in [0, 0.1) is 0 Å². The molecule has 0 aliphatic carbocycles. The number of benzene rings is 3. The average Bonchev–Trinajstić information content (AvgIpc) is 2.74. The number of hydrogen-bond acceptors (Lipinski definition) is 5. The second-order valence-electron chi connectivity index (χ2n) is 6.48. The summed E-state index contributed by atoms with van der Waals surface area (Å²) >= 11 is 0. The van der Waals surface area contributed by atoms with Crippen LogP contribution in [0.5, 0.6) is 0 Å². The highest BCUT2D eigenvalue weighted by molar-refractivity contribution is 7.89. The van der Waals surface area contributed by atoms with Gasteiger partial charge in [0.25, 0.3) is 5.91 Å². The van der Waals surface area contributed by atoms with Crippen LogP contribution in [0.3, 0.4) is 0 Å². The number of esters is 1. The molecule has 154 valence electrons. The van der Waals surface area contributed by atoms with E-state index in [1.54, 1.807) is 0 Å². The molecule has 1 amide bonds. The van der Waals surface area contributed by atoms with Gasteiger partial charge in [0.2, 0.25) is 10.0 Å². The molecule has 0 radical (unpaired) electrons. The first-order valence-electron chi connectivity index (χ1n) is 9.04. The van der Waals surface area contributed by atoms with Gasteiger partial charge in [0.1, 0.15) is 5.92 Å². The molecule has 3 aromatic carbocycles. The highest BCUT2D eigenvalue weighted by Crippen LogP contribution is 2.26. The minimum atomic E-state index is -3.81. The van der Waals surface area contributed by atoms with Crippen LogP contribution >= 0.6 is 0 Å². The molecule has 0 saturated heterocycles. The number of primary sulfonamides is 1. The fraction of sp³-hybridized carbons (Fsp3) is 0.0909. The Labute approximate surface area is 174 Å². The number of sulfonamides is 1. The summed E-state index contributed by atoms with van der Waals surface area (Å²) < 4.78 is 27.8. The van der Waals surface area contributed by atoms with E-state index in [0.29, 0.717) is 5.69 Å². The topological polar surface area (TPSA) is 116 Å². The normalized spacial score (nSPS) is 11.1. The van der Waals surface area contributed by atoms with Crippen molar-refractivity contribution in [2.75, 3.05) is 11.9 Å². The van der Waals surface area contributed by atoms with E-state index in [-0.39, 0.29) is 4.90 Å². The molecular weight excluding hydrogens is 404 g/mol. The van der Waals surface area contributed by atoms with Gasteiger partial charge in [-0.1, -0.05) is 60.7 Å². The minimum Gasteiger partial charge on any atom is -0.455 e. The van der Waals surface area contributed by atoms with Crippen molar-refractivity contribution in [2.24, 2.45) is 5.14 Å². The van der Waals surface area contributed by atoms with Crippen LogP contribution in [0.1, 0.15) is 17.0 Å². The third-order valence-electron chi connectivity index (χ3n) is 4.31. The van der Waals surface area contributed by atoms with Gasteiger partial charge in [0, 0.05) is 5.69 Å². The molecule has 0 aliphatic rings. The number of carbonyl (C=O) groups is 2. The number of rotatable bonds is 7. The number of carbonyl (C=O) groups excluding carboxylic acids is 2. The third-order valence-corrected chi connectivity index (χ3v) is 5.24. The summed E-state index contributed by atoms with van der Waals surface area (Å²) in [6, 6.07) is 23.7. The van der Waals surface area contributed by atoms with Gasteiger partial charge in [-0.15, -0.1) is 0 Å². The molecule has 3 aromatic rings. The van der Waals surface area contributed by atoms with Crippen molar-refractivity contribution in [2.45, 2.75) is 10.8 Å². The molecule has 0 saturated carbocycles. The molecular formula is C22H20N2O5S. The molecule has 0 unspecified atom stereocenters. The molecule has 30 heavy (non-hydrogen) atoms. The zero-order chi connectivity index (χ0) is 21.6. The predicted molar refractivity (Wildman–Crippen MR) is 112 cm³/mol. The summed E-state index contributed by atoms with van der Waals surface area (Å²) in [6.07, 6.45) is 0. The standard InChI is InChI=1S/C22H20N2O5S/c23-30(27,28)19-13-11-18(12-14-19)24-20(25)15-29-22(26)21(16-7-3-1-4-8-16)17-9-5-2-6-10-17/h1-14,21H,15H2,(H,24,25)(H2,23,27,28). The Bertz CT molecular complexity index is 1080. The van der Waals surface area contributed by atoms with Gasteiger partial charge in [-0.25, -0.2) is 13.6 Å². The van der Waals surface area contributed by atoms with Crippen molar-refractivity contribution in [3.05, 3.63) is 96.1 Å². The van der Waals surface area contributed by atoms with E-state index in [0.717, 1.165) is 11.1 Å². The fourth-order valence-electron chi connectivity index (χ4n) is 2.90. The Hall–Kier alpha value is -3.49. The van der Waals surface area contributed by atoms with Crippen LogP contribution < -0.4 is 10.5 Å². The molecule has 7 nitrogen and oxygen atoms in total. The molecule has 0 fully saturated rings. The summed E-state index contributed by atoms with van der Waals surface area (Å²) in [5.41, 5.74) is 1.87. The van der Waals surface area contributed by atoms with Gasteiger partial charge in [-0.05, 0) is 35.4 Å². The molecule has 3 N–H and O–H groups in total. The van der Waals surface area contributed by atoms with Gasteiger partial charge in [0.15, 0.2) is 6.61 Å². The first-order chi connectivity index (χ1) is 14.3. The van der Waals surface area contributed by atoms with Gasteiger partial charge >= 0.3 is 5.97 Å². The predicted octanol–water partition coefficient (Wildman–Crippen LogP) is 2.65. The monoisotopic (exact) mass is 424 g/mol. The van der Waals surface area contributed by atoms with Crippen LogP contribution in [0.2, 0.25) is 0 Å². The maximum absolute atomic E-state index is 12.8. The summed E-state index contributed by atoms with van der Waals surface area (Å²) in [4.78, 5) is 24.9. The van der Waals surface area contributed by atoms with Crippen LogP contribution in [0.15, 0.2) is 89.8 Å². The summed E-state index contributed by atoms with van der Waals surface area (Å²) in [7, 11) is -3.81. The van der Waals surface area contributed by atoms with E-state index in [1.165, 1.54) is 24.3 Å². The van der Waals surface area contributed by atoms with Gasteiger partial charge in [0.05, 0.1) is 4.90 Å². The number of amides is 1. The Morgan fingerprint density at radius 1 is 0.833 bits per heavy atom. The van der Waals surface area contributed by atoms with Crippen molar-refractivity contribution in [3.8, 4) is 0 Å². The van der Waals surface area contributed by atoms with Crippen molar-refractivity contribution in [1.29, 1.82) is 0 Å². The first kappa shape index (κ1) is 21.2. The molecule has 3 rings (SSSR count). The van der Waals surface area contributed by atoms with E-state index in [4.69, 9.17) is 9.88 Å². The molecule has 8 heteroatoms. The lowest BCUT2D eigenvalue weighted by Crippen LogP contribution is -2.24. The van der Waals surface area contributed by atoms with Crippen LogP contribution in [-0.4, -0.2) is 26.9 Å². The maximum atomic E-state index is 12.8. The number of nitrogens with two attached hydrogens (primary N) is 1. The van der Waals surface area contributed by atoms with Gasteiger partial charge in [-0.2, -0.15) is 0 Å². The van der Waals surface area contributed by atoms with E-state index >= 15 is 0 Å². The Morgan fingerprint density at radius 2 is 1.33 bits per heavy atom. The van der Waals surface area contributed by atoms with Gasteiger partial charge in [-0.3, -0.25) is 9.59 Å². The van der Waals surface area contributed by atoms with E-state index < -0.39 is 34.4 Å². The van der Waals surface area contributed by atoms with Gasteiger partial charge < -0.3 is 10.1 Å². The maximum Gasteiger partial charge on any atom is 0.318 e. The summed E-state index contributed by atoms with van der Waals surface area (Å²) in [5.74, 6) is -1.76. The Kier molecular flexibility index (Phi) is 6.61. The number of hydrogen-bond donors (Lipinski definition) is 2. The average molecular weight is 424 g/mol. The zero-order valence-electron chi connectivity index (χ0n) is 15.9. The van der Waals surface area contributed by atoms with Crippen molar-refractivity contribution >= 4 is 27.6 Å². The first-order valence-corrected chi connectivity index (χ1v) is 10.6. The molecule has 0 heterocycles. The van der Waals surface area contributed by atoms with Crippen LogP contribution in [-0.2, 0) is 24.3 Å².